The zero-order valence-corrected chi connectivity index (χ0v) is 13.0. The number of benzene rings is 1. The van der Waals surface area contributed by atoms with Crippen LogP contribution >= 0.6 is 11.3 Å². The van der Waals surface area contributed by atoms with Crippen molar-refractivity contribution < 1.29 is 14.6 Å². The van der Waals surface area contributed by atoms with Crippen LogP contribution < -0.4 is 0 Å². The molecule has 0 amide bonds. The molecule has 0 aliphatic rings. The Labute approximate surface area is 131 Å². The number of fused-ring (bicyclic) bond motifs is 1. The molecule has 0 unspecified atom stereocenters. The molecule has 1 aromatic carbocycles. The van der Waals surface area contributed by atoms with E-state index in [1.807, 2.05) is 48.0 Å². The number of ether oxygens (including phenoxy) is 1. The standard InChI is InChI=1S/C16H16N2O3S/c1-11-13-9-14(16(20)21-8-7-19)22-15(13)18(17-11)10-12-5-3-2-4-6-12/h2-6,9,19H,7-8,10H2,1H3. The number of rotatable bonds is 5. The van der Waals surface area contributed by atoms with Gasteiger partial charge in [-0.2, -0.15) is 5.10 Å². The zero-order valence-electron chi connectivity index (χ0n) is 12.2. The molecule has 5 nitrogen and oxygen atoms in total. The number of esters is 1. The van der Waals surface area contributed by atoms with Crippen molar-refractivity contribution in [2.24, 2.45) is 0 Å². The van der Waals surface area contributed by atoms with E-state index in [-0.39, 0.29) is 13.2 Å². The fraction of sp³-hybridized carbons (Fsp3) is 0.250. The number of aromatic nitrogens is 2. The normalized spacial score (nSPS) is 11.0. The van der Waals surface area contributed by atoms with Crippen molar-refractivity contribution in [1.82, 2.24) is 9.78 Å². The lowest BCUT2D eigenvalue weighted by atomic mass is 10.2. The third-order valence-electron chi connectivity index (χ3n) is 3.31. The highest BCUT2D eigenvalue weighted by Gasteiger charge is 2.17. The minimum absolute atomic E-state index is 0.0161. The molecule has 3 aromatic rings. The number of aryl methyl sites for hydroxylation is 1. The topological polar surface area (TPSA) is 64.4 Å². The number of carbonyl (C=O) groups is 1. The average Bonchev–Trinajstić information content (AvgIpc) is 3.08. The van der Waals surface area contributed by atoms with E-state index >= 15 is 0 Å². The minimum atomic E-state index is -0.402. The van der Waals surface area contributed by atoms with Crippen LogP contribution in [0, 0.1) is 6.92 Å². The van der Waals surface area contributed by atoms with Crippen LogP contribution in [0.2, 0.25) is 0 Å². The van der Waals surface area contributed by atoms with E-state index in [2.05, 4.69) is 5.10 Å². The summed E-state index contributed by atoms with van der Waals surface area (Å²) < 4.78 is 6.88. The lowest BCUT2D eigenvalue weighted by Gasteiger charge is -2.02. The Morgan fingerprint density at radius 2 is 2.14 bits per heavy atom. The SMILES string of the molecule is Cc1nn(Cc2ccccc2)c2sc(C(=O)OCCO)cc12. The second kappa shape index (κ2) is 6.29. The highest BCUT2D eigenvalue weighted by molar-refractivity contribution is 7.20. The van der Waals surface area contributed by atoms with Gasteiger partial charge >= 0.3 is 5.97 Å². The molecular weight excluding hydrogens is 300 g/mol. The maximum absolute atomic E-state index is 11.9. The van der Waals surface area contributed by atoms with Gasteiger partial charge in [0.1, 0.15) is 16.3 Å². The van der Waals surface area contributed by atoms with Gasteiger partial charge in [0.25, 0.3) is 0 Å². The van der Waals surface area contributed by atoms with Gasteiger partial charge in [0.05, 0.1) is 18.8 Å². The number of aliphatic hydroxyl groups excluding tert-OH is 1. The number of hydrogen-bond donors (Lipinski definition) is 1. The van der Waals surface area contributed by atoms with E-state index in [0.29, 0.717) is 11.4 Å². The van der Waals surface area contributed by atoms with Gasteiger partial charge in [0, 0.05) is 5.39 Å². The summed E-state index contributed by atoms with van der Waals surface area (Å²) in [5.41, 5.74) is 2.05. The summed E-state index contributed by atoms with van der Waals surface area (Å²) in [6.45, 7) is 2.44. The minimum Gasteiger partial charge on any atom is -0.459 e. The molecule has 114 valence electrons. The number of thiophene rings is 1. The highest BCUT2D eigenvalue weighted by Crippen LogP contribution is 2.29. The summed E-state index contributed by atoms with van der Waals surface area (Å²) in [6.07, 6.45) is 0. The second-order valence-corrected chi connectivity index (χ2v) is 5.95. The van der Waals surface area contributed by atoms with Crippen molar-refractivity contribution >= 4 is 27.5 Å². The summed E-state index contributed by atoms with van der Waals surface area (Å²) in [6, 6.07) is 11.9. The molecule has 0 fully saturated rings. The summed E-state index contributed by atoms with van der Waals surface area (Å²) >= 11 is 1.37. The first-order valence-electron chi connectivity index (χ1n) is 6.98. The molecule has 0 atom stereocenters. The van der Waals surface area contributed by atoms with Gasteiger partial charge in [-0.3, -0.25) is 4.68 Å². The molecule has 0 radical (unpaired) electrons. The first kappa shape index (κ1) is 14.7. The Morgan fingerprint density at radius 1 is 1.36 bits per heavy atom. The number of carbonyl (C=O) groups excluding carboxylic acids is 1. The average molecular weight is 316 g/mol. The highest BCUT2D eigenvalue weighted by atomic mass is 32.1. The van der Waals surface area contributed by atoms with Crippen LogP contribution in [0.5, 0.6) is 0 Å². The third-order valence-corrected chi connectivity index (χ3v) is 4.44. The molecule has 0 saturated carbocycles. The molecular formula is C16H16N2O3S. The van der Waals surface area contributed by atoms with Crippen molar-refractivity contribution in [1.29, 1.82) is 0 Å². The predicted molar refractivity (Wildman–Crippen MR) is 85.3 cm³/mol. The molecule has 0 aliphatic carbocycles. The first-order valence-corrected chi connectivity index (χ1v) is 7.79. The quantitative estimate of drug-likeness (QED) is 0.735. The van der Waals surface area contributed by atoms with Crippen LogP contribution in [0.3, 0.4) is 0 Å². The Hall–Kier alpha value is -2.18. The monoisotopic (exact) mass is 316 g/mol. The fourth-order valence-corrected chi connectivity index (χ4v) is 3.34. The first-order chi connectivity index (χ1) is 10.7. The van der Waals surface area contributed by atoms with E-state index < -0.39 is 5.97 Å². The Kier molecular flexibility index (Phi) is 4.22. The van der Waals surface area contributed by atoms with Crippen LogP contribution in [0.15, 0.2) is 36.4 Å². The molecule has 0 spiro atoms. The molecule has 22 heavy (non-hydrogen) atoms. The van der Waals surface area contributed by atoms with Crippen molar-refractivity contribution in [3.05, 3.63) is 52.5 Å². The van der Waals surface area contributed by atoms with Gasteiger partial charge in [-0.1, -0.05) is 30.3 Å². The number of aliphatic hydroxyl groups is 1. The van der Waals surface area contributed by atoms with E-state index in [0.717, 1.165) is 21.5 Å². The van der Waals surface area contributed by atoms with Crippen molar-refractivity contribution in [3.63, 3.8) is 0 Å². The van der Waals surface area contributed by atoms with Crippen molar-refractivity contribution in [2.45, 2.75) is 13.5 Å². The Morgan fingerprint density at radius 3 is 2.86 bits per heavy atom. The van der Waals surface area contributed by atoms with E-state index in [9.17, 15) is 4.79 Å². The number of nitrogens with zero attached hydrogens (tertiary/aromatic N) is 2. The summed E-state index contributed by atoms with van der Waals surface area (Å²) in [7, 11) is 0. The van der Waals surface area contributed by atoms with E-state index in [1.54, 1.807) is 0 Å². The van der Waals surface area contributed by atoms with Crippen LogP contribution in [0.25, 0.3) is 10.2 Å². The van der Waals surface area contributed by atoms with Crippen molar-refractivity contribution in [2.75, 3.05) is 13.2 Å². The predicted octanol–water partition coefficient (Wildman–Crippen LogP) is 2.60. The molecule has 3 rings (SSSR count). The zero-order chi connectivity index (χ0) is 15.5. The van der Waals surface area contributed by atoms with Gasteiger partial charge in [-0.05, 0) is 18.6 Å². The Bertz CT molecular complexity index is 792. The molecule has 0 aliphatic heterocycles. The summed E-state index contributed by atoms with van der Waals surface area (Å²) in [5, 5.41) is 14.2. The van der Waals surface area contributed by atoms with Gasteiger partial charge in [0.2, 0.25) is 0 Å². The van der Waals surface area contributed by atoms with Crippen LogP contribution in [-0.2, 0) is 11.3 Å². The molecule has 0 bridgehead atoms. The van der Waals surface area contributed by atoms with Crippen molar-refractivity contribution in [3.8, 4) is 0 Å². The molecule has 6 heteroatoms. The number of hydrogen-bond acceptors (Lipinski definition) is 5. The third kappa shape index (κ3) is 2.88. The maximum atomic E-state index is 11.9. The van der Waals surface area contributed by atoms with Gasteiger partial charge in [0.15, 0.2) is 0 Å². The molecule has 1 N–H and O–H groups in total. The largest absolute Gasteiger partial charge is 0.459 e. The van der Waals surface area contributed by atoms with Gasteiger partial charge in [-0.15, -0.1) is 11.3 Å². The van der Waals surface area contributed by atoms with E-state index in [4.69, 9.17) is 9.84 Å². The smallest absolute Gasteiger partial charge is 0.348 e. The van der Waals surface area contributed by atoms with Gasteiger partial charge in [-0.25, -0.2) is 4.79 Å². The van der Waals surface area contributed by atoms with Crippen LogP contribution in [0.1, 0.15) is 20.9 Å². The Balaban J connectivity index is 1.91. The maximum Gasteiger partial charge on any atom is 0.348 e. The van der Waals surface area contributed by atoms with Gasteiger partial charge < -0.3 is 9.84 Å². The molecule has 0 saturated heterocycles. The second-order valence-electron chi connectivity index (χ2n) is 4.92. The fourth-order valence-electron chi connectivity index (χ4n) is 2.29. The lowest BCUT2D eigenvalue weighted by Crippen LogP contribution is -2.07. The van der Waals surface area contributed by atoms with Crippen LogP contribution in [-0.4, -0.2) is 34.1 Å². The molecule has 2 heterocycles. The summed E-state index contributed by atoms with van der Waals surface area (Å²) in [5.74, 6) is -0.402. The lowest BCUT2D eigenvalue weighted by molar-refractivity contribution is 0.0439. The summed E-state index contributed by atoms with van der Waals surface area (Å²) in [4.78, 5) is 13.4. The van der Waals surface area contributed by atoms with E-state index in [1.165, 1.54) is 11.3 Å². The molecule has 2 aromatic heterocycles. The van der Waals surface area contributed by atoms with Crippen LogP contribution in [0.4, 0.5) is 0 Å².